The molecule has 116 valence electrons. The highest BCUT2D eigenvalue weighted by molar-refractivity contribution is 5.72. The van der Waals surface area contributed by atoms with Crippen molar-refractivity contribution in [3.63, 3.8) is 0 Å². The van der Waals surface area contributed by atoms with E-state index in [1.54, 1.807) is 0 Å². The third-order valence-corrected chi connectivity index (χ3v) is 4.35. The van der Waals surface area contributed by atoms with Crippen molar-refractivity contribution in [2.24, 2.45) is 7.05 Å². The molecule has 0 aliphatic heterocycles. The molecule has 3 rings (SSSR count). The SMILES string of the molecule is [2H]C(C)(C)c1cc[n+](C)c(-c2cc(-c3ccccc3)ccc2C)c1. The van der Waals surface area contributed by atoms with Crippen molar-refractivity contribution in [3.8, 4) is 22.4 Å². The van der Waals surface area contributed by atoms with Crippen molar-refractivity contribution in [3.05, 3.63) is 78.0 Å². The average Bonchev–Trinajstić information content (AvgIpc) is 2.56. The topological polar surface area (TPSA) is 3.88 Å². The van der Waals surface area contributed by atoms with Gasteiger partial charge >= 0.3 is 0 Å². The highest BCUT2D eigenvalue weighted by atomic mass is 14.9. The van der Waals surface area contributed by atoms with E-state index >= 15 is 0 Å². The first-order valence-corrected chi connectivity index (χ1v) is 8.03. The normalized spacial score (nSPS) is 12.1. The molecule has 0 radical (unpaired) electrons. The Bertz CT molecular complexity index is 861. The van der Waals surface area contributed by atoms with Gasteiger partial charge in [0.1, 0.15) is 7.05 Å². The van der Waals surface area contributed by atoms with E-state index in [4.69, 9.17) is 1.37 Å². The van der Waals surface area contributed by atoms with Crippen LogP contribution >= 0.6 is 0 Å². The first kappa shape index (κ1) is 14.2. The molecular weight excluding hydrogens is 278 g/mol. The molecule has 0 spiro atoms. The number of aryl methyl sites for hydroxylation is 2. The van der Waals surface area contributed by atoms with Gasteiger partial charge in [0.25, 0.3) is 0 Å². The molecule has 1 aromatic heterocycles. The summed E-state index contributed by atoms with van der Waals surface area (Å²) >= 11 is 0. The van der Waals surface area contributed by atoms with Gasteiger partial charge in [0.15, 0.2) is 6.20 Å². The zero-order chi connectivity index (χ0) is 17.3. The second kappa shape index (κ2) is 6.37. The van der Waals surface area contributed by atoms with Crippen molar-refractivity contribution in [2.45, 2.75) is 26.7 Å². The lowest BCUT2D eigenvalue weighted by atomic mass is 9.95. The van der Waals surface area contributed by atoms with Crippen LogP contribution in [0.1, 0.15) is 32.2 Å². The zero-order valence-corrected chi connectivity index (χ0v) is 14.3. The van der Waals surface area contributed by atoms with Crippen molar-refractivity contribution < 1.29 is 5.94 Å². The van der Waals surface area contributed by atoms with Gasteiger partial charge in [-0.2, -0.15) is 0 Å². The second-order valence-electron chi connectivity index (χ2n) is 6.31. The zero-order valence-electron chi connectivity index (χ0n) is 15.3. The highest BCUT2D eigenvalue weighted by Crippen LogP contribution is 2.29. The molecule has 23 heavy (non-hydrogen) atoms. The maximum absolute atomic E-state index is 8.32. The molecule has 0 aliphatic rings. The van der Waals surface area contributed by atoms with Crippen LogP contribution in [0.15, 0.2) is 66.9 Å². The lowest BCUT2D eigenvalue weighted by Gasteiger charge is -2.11. The summed E-state index contributed by atoms with van der Waals surface area (Å²) in [7, 11) is 2.06. The van der Waals surface area contributed by atoms with Crippen LogP contribution in [0.5, 0.6) is 0 Å². The molecule has 0 saturated carbocycles. The Morgan fingerprint density at radius 2 is 1.65 bits per heavy atom. The standard InChI is InChI=1S/C22H24N/c1-16(2)19-12-13-23(4)22(15-19)21-14-20(11-10-17(21)3)18-8-6-5-7-9-18/h5-16H,1-4H3/q+1/i16D. The van der Waals surface area contributed by atoms with Gasteiger partial charge in [-0.05, 0) is 41.1 Å². The van der Waals surface area contributed by atoms with Crippen LogP contribution in [0.3, 0.4) is 0 Å². The molecule has 1 nitrogen and oxygen atoms in total. The van der Waals surface area contributed by atoms with Crippen molar-refractivity contribution in [1.82, 2.24) is 0 Å². The van der Waals surface area contributed by atoms with E-state index in [1.165, 1.54) is 22.3 Å². The molecular formula is C22H24N+. The van der Waals surface area contributed by atoms with Gasteiger partial charge in [-0.3, -0.25) is 0 Å². The molecule has 0 bridgehead atoms. The fourth-order valence-corrected chi connectivity index (χ4v) is 2.86. The number of aromatic nitrogens is 1. The molecule has 0 atom stereocenters. The number of hydrogen-bond donors (Lipinski definition) is 0. The van der Waals surface area contributed by atoms with Crippen molar-refractivity contribution >= 4 is 0 Å². The summed E-state index contributed by atoms with van der Waals surface area (Å²) in [4.78, 5) is 0. The van der Waals surface area contributed by atoms with Gasteiger partial charge in [-0.25, -0.2) is 4.57 Å². The third kappa shape index (κ3) is 3.19. The molecule has 0 fully saturated rings. The Hall–Kier alpha value is -2.41. The molecule has 3 aromatic rings. The van der Waals surface area contributed by atoms with Crippen molar-refractivity contribution in [1.29, 1.82) is 0 Å². The van der Waals surface area contributed by atoms with Crippen LogP contribution in [0.2, 0.25) is 0 Å². The number of benzene rings is 2. The van der Waals surface area contributed by atoms with Gasteiger partial charge in [-0.15, -0.1) is 0 Å². The maximum atomic E-state index is 8.32. The minimum atomic E-state index is -0.603. The molecule has 1 heteroatoms. The lowest BCUT2D eigenvalue weighted by molar-refractivity contribution is -0.660. The summed E-state index contributed by atoms with van der Waals surface area (Å²) in [6, 6.07) is 21.2. The Labute approximate surface area is 140 Å². The minimum Gasteiger partial charge on any atom is -0.201 e. The predicted octanol–water partition coefficient (Wildman–Crippen LogP) is 5.28. The van der Waals surface area contributed by atoms with Crippen LogP contribution in [-0.4, -0.2) is 0 Å². The maximum Gasteiger partial charge on any atom is 0.212 e. The molecule has 2 aromatic carbocycles. The molecule has 0 amide bonds. The summed E-state index contributed by atoms with van der Waals surface area (Å²) < 4.78 is 10.5. The molecule has 0 N–H and O–H groups in total. The van der Waals surface area contributed by atoms with Gasteiger partial charge in [0, 0.05) is 19.1 Å². The quantitative estimate of drug-likeness (QED) is 0.580. The number of hydrogen-bond acceptors (Lipinski definition) is 0. The monoisotopic (exact) mass is 303 g/mol. The van der Waals surface area contributed by atoms with Gasteiger partial charge in [-0.1, -0.05) is 56.3 Å². The van der Waals surface area contributed by atoms with E-state index in [1.807, 2.05) is 26.0 Å². The predicted molar refractivity (Wildman–Crippen MR) is 97.3 cm³/mol. The second-order valence-corrected chi connectivity index (χ2v) is 6.31. The Kier molecular flexibility index (Phi) is 3.94. The van der Waals surface area contributed by atoms with Crippen LogP contribution in [0.25, 0.3) is 22.4 Å². The van der Waals surface area contributed by atoms with E-state index < -0.39 is 5.89 Å². The summed E-state index contributed by atoms with van der Waals surface area (Å²) in [6.07, 6.45) is 2.05. The molecule has 1 heterocycles. The summed E-state index contributed by atoms with van der Waals surface area (Å²) in [5, 5.41) is 0. The first-order chi connectivity index (χ1) is 11.4. The fraction of sp³-hybridized carbons (Fsp3) is 0.227. The molecule has 0 saturated heterocycles. The van der Waals surface area contributed by atoms with Crippen molar-refractivity contribution in [2.75, 3.05) is 0 Å². The largest absolute Gasteiger partial charge is 0.212 e. The fourth-order valence-electron chi connectivity index (χ4n) is 2.86. The average molecular weight is 303 g/mol. The minimum absolute atomic E-state index is 0.603. The number of pyridine rings is 1. The van der Waals surface area contributed by atoms with E-state index in [9.17, 15) is 0 Å². The number of nitrogens with zero attached hydrogens (tertiary/aromatic N) is 1. The highest BCUT2D eigenvalue weighted by Gasteiger charge is 2.15. The summed E-state index contributed by atoms with van der Waals surface area (Å²) in [5.41, 5.74) is 7.06. The van der Waals surface area contributed by atoms with E-state index in [0.29, 0.717) is 0 Å². The Morgan fingerprint density at radius 3 is 2.35 bits per heavy atom. The van der Waals surface area contributed by atoms with Gasteiger partial charge < -0.3 is 0 Å². The van der Waals surface area contributed by atoms with Crippen LogP contribution in [-0.2, 0) is 7.05 Å². The Morgan fingerprint density at radius 1 is 0.913 bits per heavy atom. The van der Waals surface area contributed by atoms with E-state index in [0.717, 1.165) is 11.3 Å². The lowest BCUT2D eigenvalue weighted by Crippen LogP contribution is -2.30. The molecule has 0 unspecified atom stereocenters. The summed E-state index contributed by atoms with van der Waals surface area (Å²) in [5.74, 6) is -0.603. The number of rotatable bonds is 3. The summed E-state index contributed by atoms with van der Waals surface area (Å²) in [6.45, 7) is 6.00. The first-order valence-electron chi connectivity index (χ1n) is 8.53. The van der Waals surface area contributed by atoms with Crippen LogP contribution in [0.4, 0.5) is 0 Å². The van der Waals surface area contributed by atoms with Crippen LogP contribution in [0, 0.1) is 6.92 Å². The third-order valence-electron chi connectivity index (χ3n) is 4.35. The van der Waals surface area contributed by atoms with Crippen LogP contribution < -0.4 is 4.57 Å². The van der Waals surface area contributed by atoms with E-state index in [-0.39, 0.29) is 0 Å². The van der Waals surface area contributed by atoms with Gasteiger partial charge in [0.2, 0.25) is 5.69 Å². The van der Waals surface area contributed by atoms with Gasteiger partial charge in [0.05, 0.1) is 0 Å². The molecule has 0 aliphatic carbocycles. The van der Waals surface area contributed by atoms with E-state index in [2.05, 4.69) is 73.3 Å². The smallest absolute Gasteiger partial charge is 0.201 e. The Balaban J connectivity index is 2.16.